The van der Waals surface area contributed by atoms with Gasteiger partial charge in [0, 0.05) is 11.9 Å². The third-order valence-corrected chi connectivity index (χ3v) is 7.74. The normalized spacial score (nSPS) is 13.5. The molecular formula is C29H26N2O3S. The Morgan fingerprint density at radius 1 is 1.11 bits per heavy atom. The first-order chi connectivity index (χ1) is 17.1. The van der Waals surface area contributed by atoms with Crippen LogP contribution in [0.3, 0.4) is 0 Å². The Morgan fingerprint density at radius 2 is 1.94 bits per heavy atom. The van der Waals surface area contributed by atoms with Crippen LogP contribution in [0.25, 0.3) is 31.7 Å². The zero-order valence-electron chi connectivity index (χ0n) is 19.5. The van der Waals surface area contributed by atoms with Crippen molar-refractivity contribution in [3.63, 3.8) is 0 Å². The van der Waals surface area contributed by atoms with Crippen molar-refractivity contribution in [3.05, 3.63) is 83.6 Å². The summed E-state index contributed by atoms with van der Waals surface area (Å²) >= 11 is 1.55. The Bertz CT molecular complexity index is 1530. The van der Waals surface area contributed by atoms with Crippen LogP contribution in [-0.4, -0.2) is 27.2 Å². The highest BCUT2D eigenvalue weighted by molar-refractivity contribution is 7.21. The van der Waals surface area contributed by atoms with Gasteiger partial charge >= 0.3 is 5.97 Å². The number of thiazole rings is 1. The molecule has 0 radical (unpaired) electrons. The molecule has 0 saturated heterocycles. The molecule has 5 aromatic rings. The van der Waals surface area contributed by atoms with Gasteiger partial charge in [0.1, 0.15) is 16.5 Å². The van der Waals surface area contributed by atoms with Gasteiger partial charge in [-0.15, -0.1) is 11.3 Å². The summed E-state index contributed by atoms with van der Waals surface area (Å²) in [6.07, 6.45) is 3.29. The lowest BCUT2D eigenvalue weighted by Gasteiger charge is -2.11. The lowest BCUT2D eigenvalue weighted by Crippen LogP contribution is -2.10. The molecule has 35 heavy (non-hydrogen) atoms. The summed E-state index contributed by atoms with van der Waals surface area (Å²) in [5.74, 6) is 0.566. The van der Waals surface area contributed by atoms with E-state index in [0.717, 1.165) is 56.0 Å². The number of aromatic carboxylic acids is 1. The van der Waals surface area contributed by atoms with Crippen molar-refractivity contribution in [2.45, 2.75) is 32.7 Å². The average molecular weight is 483 g/mol. The van der Waals surface area contributed by atoms with Gasteiger partial charge < -0.3 is 14.4 Å². The van der Waals surface area contributed by atoms with Crippen LogP contribution in [0, 0.1) is 5.92 Å². The molecule has 0 spiro atoms. The molecule has 0 bridgehead atoms. The zero-order chi connectivity index (χ0) is 23.9. The lowest BCUT2D eigenvalue weighted by atomic mass is 10.0. The van der Waals surface area contributed by atoms with E-state index in [4.69, 9.17) is 9.72 Å². The quantitative estimate of drug-likeness (QED) is 0.258. The van der Waals surface area contributed by atoms with Gasteiger partial charge in [0.25, 0.3) is 0 Å². The van der Waals surface area contributed by atoms with E-state index in [2.05, 4.69) is 13.0 Å². The number of rotatable bonds is 8. The Labute approximate surface area is 207 Å². The van der Waals surface area contributed by atoms with Crippen LogP contribution in [0.4, 0.5) is 0 Å². The number of nitrogens with zero attached hydrogens (tertiary/aromatic N) is 2. The first kappa shape index (κ1) is 21.9. The number of aromatic nitrogens is 2. The van der Waals surface area contributed by atoms with Gasteiger partial charge in [-0.1, -0.05) is 43.3 Å². The van der Waals surface area contributed by atoms with Crippen molar-refractivity contribution < 1.29 is 14.6 Å². The average Bonchev–Trinajstić information content (AvgIpc) is 3.51. The SMILES string of the molecule is CCc1cccc2c1c(-c1nc3ccccc3s1)c(C(=O)O)n2Cc1cccc(OCC2CC2)c1. The third kappa shape index (κ3) is 4.08. The smallest absolute Gasteiger partial charge is 0.353 e. The summed E-state index contributed by atoms with van der Waals surface area (Å²) in [7, 11) is 0. The number of fused-ring (bicyclic) bond motifs is 2. The van der Waals surface area contributed by atoms with Gasteiger partial charge in [-0.2, -0.15) is 0 Å². The topological polar surface area (TPSA) is 64.3 Å². The Hall–Kier alpha value is -3.64. The molecule has 6 heteroatoms. The maximum atomic E-state index is 12.8. The van der Waals surface area contributed by atoms with Crippen molar-refractivity contribution in [2.24, 2.45) is 5.92 Å². The van der Waals surface area contributed by atoms with Crippen molar-refractivity contribution in [1.29, 1.82) is 0 Å². The number of hydrogen-bond acceptors (Lipinski definition) is 4. The van der Waals surface area contributed by atoms with Crippen LogP contribution in [0.15, 0.2) is 66.7 Å². The van der Waals surface area contributed by atoms with Crippen molar-refractivity contribution in [1.82, 2.24) is 9.55 Å². The fourth-order valence-electron chi connectivity index (χ4n) is 4.76. The predicted octanol–water partition coefficient (Wildman–Crippen LogP) is 7.02. The maximum absolute atomic E-state index is 12.8. The summed E-state index contributed by atoms with van der Waals surface area (Å²) in [6.45, 7) is 3.30. The summed E-state index contributed by atoms with van der Waals surface area (Å²) in [5, 5.41) is 12.2. The monoisotopic (exact) mass is 482 g/mol. The highest BCUT2D eigenvalue weighted by Gasteiger charge is 2.27. The minimum atomic E-state index is -0.946. The molecule has 2 aromatic heterocycles. The molecule has 2 heterocycles. The van der Waals surface area contributed by atoms with Gasteiger partial charge in [-0.3, -0.25) is 0 Å². The van der Waals surface area contributed by atoms with E-state index < -0.39 is 5.97 Å². The van der Waals surface area contributed by atoms with E-state index in [0.29, 0.717) is 18.0 Å². The molecule has 6 rings (SSSR count). The van der Waals surface area contributed by atoms with Gasteiger partial charge in [0.15, 0.2) is 0 Å². The van der Waals surface area contributed by atoms with E-state index in [1.807, 2.05) is 65.2 Å². The number of carboxylic acid groups (broad SMARTS) is 1. The number of carbonyl (C=O) groups is 1. The number of hydrogen-bond donors (Lipinski definition) is 1. The minimum absolute atomic E-state index is 0.282. The van der Waals surface area contributed by atoms with Gasteiger partial charge in [0.2, 0.25) is 0 Å². The molecule has 5 nitrogen and oxygen atoms in total. The molecule has 1 aliphatic rings. The van der Waals surface area contributed by atoms with Gasteiger partial charge in [0.05, 0.1) is 27.9 Å². The molecule has 1 fully saturated rings. The number of carboxylic acids is 1. The van der Waals surface area contributed by atoms with E-state index in [1.54, 1.807) is 11.3 Å². The summed E-state index contributed by atoms with van der Waals surface area (Å²) in [4.78, 5) is 17.6. The highest BCUT2D eigenvalue weighted by Crippen LogP contribution is 2.41. The molecule has 0 atom stereocenters. The second-order valence-corrected chi connectivity index (χ2v) is 10.2. The Kier molecular flexibility index (Phi) is 5.53. The first-order valence-electron chi connectivity index (χ1n) is 12.1. The number of aryl methyl sites for hydroxylation is 1. The maximum Gasteiger partial charge on any atom is 0.353 e. The Balaban J connectivity index is 1.52. The Morgan fingerprint density at radius 3 is 2.71 bits per heavy atom. The zero-order valence-corrected chi connectivity index (χ0v) is 20.3. The van der Waals surface area contributed by atoms with Gasteiger partial charge in [-0.25, -0.2) is 9.78 Å². The van der Waals surface area contributed by atoms with Crippen LogP contribution in [0.2, 0.25) is 0 Å². The minimum Gasteiger partial charge on any atom is -0.493 e. The summed E-state index contributed by atoms with van der Waals surface area (Å²) in [6, 6.07) is 22.1. The first-order valence-corrected chi connectivity index (χ1v) is 12.9. The van der Waals surface area contributed by atoms with Gasteiger partial charge in [-0.05, 0) is 66.6 Å². The van der Waals surface area contributed by atoms with E-state index in [9.17, 15) is 9.90 Å². The number of benzene rings is 3. The van der Waals surface area contributed by atoms with Crippen LogP contribution >= 0.6 is 11.3 Å². The summed E-state index contributed by atoms with van der Waals surface area (Å²) < 4.78 is 8.96. The third-order valence-electron chi connectivity index (χ3n) is 6.69. The molecule has 176 valence electrons. The van der Waals surface area contributed by atoms with Crippen molar-refractivity contribution in [3.8, 4) is 16.3 Å². The second-order valence-electron chi connectivity index (χ2n) is 9.17. The van der Waals surface area contributed by atoms with Crippen LogP contribution < -0.4 is 4.74 Å². The van der Waals surface area contributed by atoms with Crippen molar-refractivity contribution >= 4 is 38.4 Å². The van der Waals surface area contributed by atoms with E-state index >= 15 is 0 Å². The fourth-order valence-corrected chi connectivity index (χ4v) is 5.78. The molecule has 3 aromatic carbocycles. The molecular weight excluding hydrogens is 456 g/mol. The lowest BCUT2D eigenvalue weighted by molar-refractivity contribution is 0.0687. The second kappa shape index (κ2) is 8.86. The molecule has 0 amide bonds. The summed E-state index contributed by atoms with van der Waals surface area (Å²) in [5.41, 5.74) is 4.94. The standard InChI is InChI=1S/C29H26N2O3S/c1-2-20-8-6-11-23-25(20)26(28-30-22-10-3-4-12-24(22)35-28)27(29(32)33)31(23)16-19-7-5-9-21(15-19)34-17-18-13-14-18/h3-12,15,18H,2,13-14,16-17H2,1H3,(H,32,33). The van der Waals surface area contributed by atoms with Crippen LogP contribution in [0.1, 0.15) is 41.4 Å². The highest BCUT2D eigenvalue weighted by atomic mass is 32.1. The molecule has 0 unspecified atom stereocenters. The largest absolute Gasteiger partial charge is 0.493 e. The number of para-hydroxylation sites is 1. The molecule has 1 aliphatic carbocycles. The van der Waals surface area contributed by atoms with Crippen LogP contribution in [0.5, 0.6) is 5.75 Å². The molecule has 0 aliphatic heterocycles. The fraction of sp³-hybridized carbons (Fsp3) is 0.241. The van der Waals surface area contributed by atoms with E-state index in [1.165, 1.54) is 12.8 Å². The molecule has 1 N–H and O–H groups in total. The number of ether oxygens (including phenoxy) is 1. The molecule has 1 saturated carbocycles. The van der Waals surface area contributed by atoms with Crippen molar-refractivity contribution in [2.75, 3.05) is 6.61 Å². The predicted molar refractivity (Wildman–Crippen MR) is 141 cm³/mol. The van der Waals surface area contributed by atoms with E-state index in [-0.39, 0.29) is 5.69 Å². The van der Waals surface area contributed by atoms with Crippen LogP contribution in [-0.2, 0) is 13.0 Å².